The van der Waals surface area contributed by atoms with Gasteiger partial charge in [-0.3, -0.25) is 0 Å². The van der Waals surface area contributed by atoms with Crippen LogP contribution in [0.3, 0.4) is 0 Å². The molecule has 0 fully saturated rings. The molecule has 0 atom stereocenters. The Hall–Kier alpha value is -2.78. The normalized spacial score (nSPS) is 11.3. The summed E-state index contributed by atoms with van der Waals surface area (Å²) in [4.78, 5) is 0. The van der Waals surface area contributed by atoms with Crippen LogP contribution in [0.15, 0.2) is 36.4 Å². The van der Waals surface area contributed by atoms with Gasteiger partial charge in [-0.1, -0.05) is 0 Å². The van der Waals surface area contributed by atoms with Crippen LogP contribution in [0, 0.1) is 0 Å². The van der Waals surface area contributed by atoms with Gasteiger partial charge in [0.25, 0.3) is 0 Å². The Balaban J connectivity index is 1.93. The third-order valence-electron chi connectivity index (χ3n) is 4.92. The molecule has 3 aromatic carbocycles. The largest absolute Gasteiger partial charge is 0.507 e. The number of aliphatic hydroxyl groups excluding tert-OH is 2. The van der Waals surface area contributed by atoms with Crippen LogP contribution in [0.4, 0.5) is 11.4 Å². The van der Waals surface area contributed by atoms with Crippen LogP contribution in [0.2, 0.25) is 0 Å². The van der Waals surface area contributed by atoms with Crippen molar-refractivity contribution in [2.75, 3.05) is 63.1 Å². The number of hydrogen-bond donors (Lipinski definition) is 8. The average Bonchev–Trinajstić information content (AvgIpc) is 2.76. The molecule has 30 heavy (non-hydrogen) atoms. The van der Waals surface area contributed by atoms with Crippen LogP contribution in [0.5, 0.6) is 11.5 Å². The predicted molar refractivity (Wildman–Crippen MR) is 122 cm³/mol. The molecule has 0 aliphatic carbocycles. The third kappa shape index (κ3) is 5.22. The summed E-state index contributed by atoms with van der Waals surface area (Å²) in [5, 5.41) is 54.5. The van der Waals surface area contributed by atoms with Gasteiger partial charge in [-0.2, -0.15) is 0 Å². The second kappa shape index (κ2) is 10.8. The quantitative estimate of drug-likeness (QED) is 0.127. The molecule has 3 rings (SSSR count). The van der Waals surface area contributed by atoms with Crippen molar-refractivity contribution in [3.8, 4) is 11.5 Å². The van der Waals surface area contributed by atoms with E-state index in [4.69, 9.17) is 10.2 Å². The van der Waals surface area contributed by atoms with E-state index in [-0.39, 0.29) is 24.7 Å². The Morgan fingerprint density at radius 1 is 0.533 bits per heavy atom. The molecule has 0 saturated heterocycles. The smallest absolute Gasteiger partial charge is 0.123 e. The van der Waals surface area contributed by atoms with Crippen LogP contribution in [0.1, 0.15) is 0 Å². The molecule has 162 valence electrons. The van der Waals surface area contributed by atoms with E-state index >= 15 is 0 Å². The first-order chi connectivity index (χ1) is 14.7. The van der Waals surface area contributed by atoms with Crippen molar-refractivity contribution >= 4 is 32.9 Å². The van der Waals surface area contributed by atoms with Gasteiger partial charge in [-0.05, 0) is 36.4 Å². The Labute approximate surface area is 175 Å². The van der Waals surface area contributed by atoms with Crippen LogP contribution >= 0.6 is 0 Å². The zero-order valence-corrected chi connectivity index (χ0v) is 16.9. The molecule has 0 bridgehead atoms. The van der Waals surface area contributed by atoms with E-state index in [0.29, 0.717) is 50.0 Å². The number of rotatable bonds is 12. The number of nitrogens with one attached hydrogen (secondary N) is 4. The maximum absolute atomic E-state index is 10.3. The van der Waals surface area contributed by atoms with Gasteiger partial charge in [-0.25, -0.2) is 0 Å². The highest BCUT2D eigenvalue weighted by atomic mass is 16.3. The molecule has 0 radical (unpaired) electrons. The lowest BCUT2D eigenvalue weighted by Crippen LogP contribution is -2.25. The molecule has 0 aliphatic heterocycles. The number of phenolic OH excluding ortho intramolecular Hbond substituents is 2. The van der Waals surface area contributed by atoms with Gasteiger partial charge in [-0.15, -0.1) is 0 Å². The summed E-state index contributed by atoms with van der Waals surface area (Å²) in [5.74, 6) is 0.235. The first kappa shape index (κ1) is 21.9. The van der Waals surface area contributed by atoms with E-state index in [1.165, 1.54) is 12.1 Å². The number of fused-ring (bicyclic) bond motifs is 2. The maximum atomic E-state index is 10.3. The van der Waals surface area contributed by atoms with Crippen molar-refractivity contribution in [1.82, 2.24) is 10.6 Å². The summed E-state index contributed by atoms with van der Waals surface area (Å²) in [7, 11) is 0. The molecular weight excluding hydrogens is 384 g/mol. The summed E-state index contributed by atoms with van der Waals surface area (Å²) in [5.41, 5.74) is 1.84. The molecule has 0 spiro atoms. The van der Waals surface area contributed by atoms with Crippen molar-refractivity contribution in [3.63, 3.8) is 0 Å². The van der Waals surface area contributed by atoms with Crippen LogP contribution < -0.4 is 21.3 Å². The maximum Gasteiger partial charge on any atom is 0.123 e. The fourth-order valence-electron chi connectivity index (χ4n) is 3.44. The molecule has 0 amide bonds. The lowest BCUT2D eigenvalue weighted by atomic mass is 9.99. The SMILES string of the molecule is OCCNCCNc1ccc(NCCNCCO)c2cc3c(O)ccc(O)c3cc12. The highest BCUT2D eigenvalue weighted by molar-refractivity contribution is 6.11. The van der Waals surface area contributed by atoms with E-state index in [2.05, 4.69) is 21.3 Å². The van der Waals surface area contributed by atoms with Crippen molar-refractivity contribution < 1.29 is 20.4 Å². The van der Waals surface area contributed by atoms with Crippen LogP contribution in [0.25, 0.3) is 21.5 Å². The number of anilines is 2. The van der Waals surface area contributed by atoms with Gasteiger partial charge >= 0.3 is 0 Å². The summed E-state index contributed by atoms with van der Waals surface area (Å²) in [6, 6.07) is 10.7. The molecular formula is C22H30N4O4. The summed E-state index contributed by atoms with van der Waals surface area (Å²) >= 11 is 0. The molecule has 0 saturated carbocycles. The minimum absolute atomic E-state index is 0.102. The van der Waals surface area contributed by atoms with Crippen molar-refractivity contribution in [3.05, 3.63) is 36.4 Å². The predicted octanol–water partition coefficient (Wildman–Crippen LogP) is 1.39. The third-order valence-corrected chi connectivity index (χ3v) is 4.92. The summed E-state index contributed by atoms with van der Waals surface area (Å²) < 4.78 is 0. The lowest BCUT2D eigenvalue weighted by Gasteiger charge is -2.16. The standard InChI is InChI=1S/C22H30N4O4/c27-11-9-23-5-7-25-19-1-2-20(26-8-6-24-10-12-28)16-14-18-17(13-15(16)19)21(29)3-4-22(18)30/h1-4,13-14,23-30H,5-12H2. The number of aromatic hydroxyl groups is 2. The number of phenols is 2. The van der Waals surface area contributed by atoms with Gasteiger partial charge in [0.05, 0.1) is 13.2 Å². The van der Waals surface area contributed by atoms with Gasteiger partial charge in [0.1, 0.15) is 11.5 Å². The zero-order valence-electron chi connectivity index (χ0n) is 16.9. The number of benzene rings is 3. The first-order valence-corrected chi connectivity index (χ1v) is 10.2. The molecule has 8 heteroatoms. The monoisotopic (exact) mass is 414 g/mol. The molecule has 3 aromatic rings. The van der Waals surface area contributed by atoms with Crippen molar-refractivity contribution in [1.29, 1.82) is 0 Å². The minimum atomic E-state index is 0.102. The van der Waals surface area contributed by atoms with Gasteiger partial charge in [0.15, 0.2) is 0 Å². The fraction of sp³-hybridized carbons (Fsp3) is 0.364. The molecule has 0 unspecified atom stereocenters. The van der Waals surface area contributed by atoms with Gasteiger partial charge in [0.2, 0.25) is 0 Å². The second-order valence-electron chi connectivity index (χ2n) is 7.01. The van der Waals surface area contributed by atoms with E-state index < -0.39 is 0 Å². The second-order valence-corrected chi connectivity index (χ2v) is 7.01. The molecule has 0 heterocycles. The van der Waals surface area contributed by atoms with E-state index in [9.17, 15) is 10.2 Å². The zero-order chi connectivity index (χ0) is 21.3. The Kier molecular flexibility index (Phi) is 7.92. The average molecular weight is 415 g/mol. The highest BCUT2D eigenvalue weighted by Crippen LogP contribution is 2.39. The van der Waals surface area contributed by atoms with E-state index in [0.717, 1.165) is 22.1 Å². The first-order valence-electron chi connectivity index (χ1n) is 10.2. The number of aliphatic hydroxyl groups is 2. The number of hydrogen-bond acceptors (Lipinski definition) is 8. The summed E-state index contributed by atoms with van der Waals surface area (Å²) in [6.07, 6.45) is 0. The topological polar surface area (TPSA) is 129 Å². The Morgan fingerprint density at radius 3 is 1.37 bits per heavy atom. The lowest BCUT2D eigenvalue weighted by molar-refractivity contribution is 0.293. The molecule has 0 aliphatic rings. The van der Waals surface area contributed by atoms with Crippen LogP contribution in [-0.2, 0) is 0 Å². The van der Waals surface area contributed by atoms with Gasteiger partial charge < -0.3 is 41.7 Å². The Morgan fingerprint density at radius 2 is 0.967 bits per heavy atom. The summed E-state index contributed by atoms with van der Waals surface area (Å²) in [6.45, 7) is 4.07. The van der Waals surface area contributed by atoms with Crippen molar-refractivity contribution in [2.24, 2.45) is 0 Å². The van der Waals surface area contributed by atoms with Crippen LogP contribution in [-0.4, -0.2) is 72.9 Å². The van der Waals surface area contributed by atoms with Gasteiger partial charge in [0, 0.05) is 72.2 Å². The highest BCUT2D eigenvalue weighted by Gasteiger charge is 2.12. The minimum Gasteiger partial charge on any atom is -0.507 e. The van der Waals surface area contributed by atoms with Crippen molar-refractivity contribution in [2.45, 2.75) is 0 Å². The Bertz CT molecular complexity index is 902. The van der Waals surface area contributed by atoms with E-state index in [1.54, 1.807) is 0 Å². The molecule has 0 aromatic heterocycles. The fourth-order valence-corrected chi connectivity index (χ4v) is 3.44. The molecule has 8 nitrogen and oxygen atoms in total. The molecule has 8 N–H and O–H groups in total. The van der Waals surface area contributed by atoms with E-state index in [1.807, 2.05) is 24.3 Å².